The average molecular weight is 448 g/mol. The van der Waals surface area contributed by atoms with E-state index in [0.717, 1.165) is 4.47 Å². The Bertz CT molecular complexity index is 983. The summed E-state index contributed by atoms with van der Waals surface area (Å²) in [5.41, 5.74) is 1.29. The molecule has 2 aromatic carbocycles. The van der Waals surface area contributed by atoms with Gasteiger partial charge in [0.1, 0.15) is 5.75 Å². The number of nitrogens with zero attached hydrogens (tertiary/aromatic N) is 1. The summed E-state index contributed by atoms with van der Waals surface area (Å²) >= 11 is 3.40. The van der Waals surface area contributed by atoms with E-state index in [1.165, 1.54) is 28.4 Å². The van der Waals surface area contributed by atoms with E-state index in [4.69, 9.17) is 23.7 Å². The fourth-order valence-corrected chi connectivity index (χ4v) is 3.12. The maximum atomic E-state index is 12.4. The van der Waals surface area contributed by atoms with Crippen molar-refractivity contribution in [2.45, 2.75) is 0 Å². The zero-order valence-electron chi connectivity index (χ0n) is 15.7. The van der Waals surface area contributed by atoms with E-state index >= 15 is 0 Å². The minimum absolute atomic E-state index is 0.127. The van der Waals surface area contributed by atoms with Crippen LogP contribution >= 0.6 is 15.9 Å². The lowest BCUT2D eigenvalue weighted by Crippen LogP contribution is -2.07. The van der Waals surface area contributed by atoms with Crippen LogP contribution in [0.4, 0.5) is 0 Å². The van der Waals surface area contributed by atoms with E-state index in [-0.39, 0.29) is 11.6 Å². The Hall–Kier alpha value is -3.00. The fraction of sp³-hybridized carbons (Fsp3) is 0.200. The van der Waals surface area contributed by atoms with Crippen LogP contribution in [0.25, 0.3) is 6.08 Å². The maximum absolute atomic E-state index is 12.4. The summed E-state index contributed by atoms with van der Waals surface area (Å²) in [5.74, 6) is 1.48. The highest BCUT2D eigenvalue weighted by Gasteiger charge is 2.27. The Balaban J connectivity index is 2.07. The topological polar surface area (TPSA) is 75.6 Å². The highest BCUT2D eigenvalue weighted by Crippen LogP contribution is 2.41. The second-order valence-electron chi connectivity index (χ2n) is 5.60. The molecule has 1 heterocycles. The van der Waals surface area contributed by atoms with Gasteiger partial charge in [-0.25, -0.2) is 9.79 Å². The Kier molecular flexibility index (Phi) is 5.89. The normalized spacial score (nSPS) is 14.5. The highest BCUT2D eigenvalue weighted by molar-refractivity contribution is 9.10. The van der Waals surface area contributed by atoms with E-state index < -0.39 is 5.97 Å². The second-order valence-corrected chi connectivity index (χ2v) is 6.52. The number of aliphatic imine (C=N–C) groups is 1. The van der Waals surface area contributed by atoms with Gasteiger partial charge in [-0.1, -0.05) is 15.9 Å². The van der Waals surface area contributed by atoms with Crippen molar-refractivity contribution in [3.8, 4) is 23.0 Å². The molecule has 2 aromatic rings. The lowest BCUT2D eigenvalue weighted by atomic mass is 10.1. The molecule has 146 valence electrons. The van der Waals surface area contributed by atoms with E-state index in [0.29, 0.717) is 34.1 Å². The molecule has 7 nitrogen and oxygen atoms in total. The quantitative estimate of drug-likeness (QED) is 0.494. The molecular formula is C20H18BrNO6. The Morgan fingerprint density at radius 2 is 1.61 bits per heavy atom. The van der Waals surface area contributed by atoms with Crippen molar-refractivity contribution in [2.75, 3.05) is 28.4 Å². The van der Waals surface area contributed by atoms with E-state index in [1.54, 1.807) is 30.3 Å². The van der Waals surface area contributed by atoms with Crippen molar-refractivity contribution in [3.05, 3.63) is 51.6 Å². The Labute approximate surface area is 170 Å². The number of methoxy groups -OCH3 is 4. The molecule has 0 N–H and O–H groups in total. The van der Waals surface area contributed by atoms with Gasteiger partial charge < -0.3 is 23.7 Å². The van der Waals surface area contributed by atoms with Gasteiger partial charge in [-0.05, 0) is 36.4 Å². The van der Waals surface area contributed by atoms with Gasteiger partial charge in [0.2, 0.25) is 11.6 Å². The Morgan fingerprint density at radius 3 is 2.25 bits per heavy atom. The lowest BCUT2D eigenvalue weighted by Gasteiger charge is -2.14. The van der Waals surface area contributed by atoms with Crippen molar-refractivity contribution in [3.63, 3.8) is 0 Å². The van der Waals surface area contributed by atoms with Crippen LogP contribution in [0, 0.1) is 0 Å². The number of carbonyl (C=O) groups excluding carboxylic acids is 1. The summed E-state index contributed by atoms with van der Waals surface area (Å²) in [6.45, 7) is 0. The first-order valence-corrected chi connectivity index (χ1v) is 8.97. The van der Waals surface area contributed by atoms with E-state index in [1.807, 2.05) is 6.07 Å². The van der Waals surface area contributed by atoms with Crippen LogP contribution in [0.3, 0.4) is 0 Å². The molecule has 1 aliphatic heterocycles. The van der Waals surface area contributed by atoms with Crippen molar-refractivity contribution in [1.82, 2.24) is 0 Å². The van der Waals surface area contributed by atoms with Crippen molar-refractivity contribution in [1.29, 1.82) is 0 Å². The smallest absolute Gasteiger partial charge is 0.363 e. The zero-order valence-corrected chi connectivity index (χ0v) is 17.3. The van der Waals surface area contributed by atoms with Gasteiger partial charge in [-0.15, -0.1) is 0 Å². The maximum Gasteiger partial charge on any atom is 0.363 e. The van der Waals surface area contributed by atoms with Gasteiger partial charge in [0.25, 0.3) is 0 Å². The van der Waals surface area contributed by atoms with Crippen LogP contribution in [0.15, 0.2) is 45.5 Å². The minimum atomic E-state index is -0.575. The predicted octanol–water partition coefficient (Wildman–Crippen LogP) is 3.83. The summed E-state index contributed by atoms with van der Waals surface area (Å²) in [5, 5.41) is 0. The second kappa shape index (κ2) is 8.35. The molecule has 0 spiro atoms. The summed E-state index contributed by atoms with van der Waals surface area (Å²) < 4.78 is 27.6. The third-order valence-corrected chi connectivity index (χ3v) is 4.53. The van der Waals surface area contributed by atoms with Crippen molar-refractivity contribution in [2.24, 2.45) is 4.99 Å². The van der Waals surface area contributed by atoms with Crippen LogP contribution < -0.4 is 18.9 Å². The molecule has 0 unspecified atom stereocenters. The average Bonchev–Trinajstić information content (AvgIpc) is 3.07. The standard InChI is InChI=1S/C20H18BrNO6/c1-24-15-8-6-12(21)10-13(15)19-22-14(20(23)28-19)9-11-5-7-16(25-2)18(27-4)17(11)26-3/h5-10H,1-4H3/b14-9-. The molecule has 0 aliphatic carbocycles. The molecule has 0 saturated heterocycles. The number of hydrogen-bond donors (Lipinski definition) is 0. The number of cyclic esters (lactones) is 1. The van der Waals surface area contributed by atoms with Crippen molar-refractivity contribution < 1.29 is 28.5 Å². The molecule has 0 bridgehead atoms. The molecule has 0 saturated carbocycles. The minimum Gasteiger partial charge on any atom is -0.496 e. The first kappa shape index (κ1) is 19.8. The van der Waals surface area contributed by atoms with Gasteiger partial charge in [-0.3, -0.25) is 0 Å². The van der Waals surface area contributed by atoms with Crippen LogP contribution in [-0.2, 0) is 9.53 Å². The molecule has 0 atom stereocenters. The zero-order chi connectivity index (χ0) is 20.3. The van der Waals surface area contributed by atoms with Crippen LogP contribution in [0.5, 0.6) is 23.0 Å². The van der Waals surface area contributed by atoms with Crippen LogP contribution in [0.1, 0.15) is 11.1 Å². The largest absolute Gasteiger partial charge is 0.496 e. The molecular weight excluding hydrogens is 430 g/mol. The number of esters is 1. The number of ether oxygens (including phenoxy) is 5. The number of halogens is 1. The summed E-state index contributed by atoms with van der Waals surface area (Å²) in [6, 6.07) is 8.81. The number of rotatable bonds is 6. The van der Waals surface area contributed by atoms with E-state index in [2.05, 4.69) is 20.9 Å². The first-order chi connectivity index (χ1) is 13.5. The predicted molar refractivity (Wildman–Crippen MR) is 107 cm³/mol. The molecule has 0 radical (unpaired) electrons. The highest BCUT2D eigenvalue weighted by atomic mass is 79.9. The Morgan fingerprint density at radius 1 is 0.929 bits per heavy atom. The van der Waals surface area contributed by atoms with Gasteiger partial charge in [0, 0.05) is 10.0 Å². The molecule has 0 amide bonds. The van der Waals surface area contributed by atoms with Gasteiger partial charge >= 0.3 is 5.97 Å². The van der Waals surface area contributed by atoms with Crippen LogP contribution in [0.2, 0.25) is 0 Å². The summed E-state index contributed by atoms with van der Waals surface area (Å²) in [4.78, 5) is 16.7. The van der Waals surface area contributed by atoms with Crippen molar-refractivity contribution >= 4 is 33.9 Å². The molecule has 3 rings (SSSR count). The summed E-state index contributed by atoms with van der Waals surface area (Å²) in [6.07, 6.45) is 1.57. The van der Waals surface area contributed by atoms with Gasteiger partial charge in [0.05, 0.1) is 34.0 Å². The molecule has 1 aliphatic rings. The molecule has 0 aromatic heterocycles. The summed E-state index contributed by atoms with van der Waals surface area (Å²) in [7, 11) is 6.09. The fourth-order valence-electron chi connectivity index (χ4n) is 2.76. The SMILES string of the molecule is COc1ccc(Br)cc1C1=N/C(=C\c2ccc(OC)c(OC)c2OC)C(=O)O1. The van der Waals surface area contributed by atoms with Crippen LogP contribution in [-0.4, -0.2) is 40.3 Å². The first-order valence-electron chi connectivity index (χ1n) is 8.17. The number of benzene rings is 2. The number of carbonyl (C=O) groups is 1. The molecule has 8 heteroatoms. The monoisotopic (exact) mass is 447 g/mol. The third-order valence-electron chi connectivity index (χ3n) is 4.04. The van der Waals surface area contributed by atoms with E-state index in [9.17, 15) is 4.79 Å². The molecule has 28 heavy (non-hydrogen) atoms. The van der Waals surface area contributed by atoms with Gasteiger partial charge in [0.15, 0.2) is 17.2 Å². The molecule has 0 fully saturated rings. The van der Waals surface area contributed by atoms with Gasteiger partial charge in [-0.2, -0.15) is 0 Å². The number of hydrogen-bond acceptors (Lipinski definition) is 7. The lowest BCUT2D eigenvalue weighted by molar-refractivity contribution is -0.129. The third kappa shape index (κ3) is 3.68.